The first-order valence-corrected chi connectivity index (χ1v) is 20.3. The van der Waals surface area contributed by atoms with Crippen LogP contribution in [0.3, 0.4) is 0 Å². The van der Waals surface area contributed by atoms with Crippen molar-refractivity contribution in [3.63, 3.8) is 0 Å². The smallest absolute Gasteiger partial charge is 0.0903 e. The first-order chi connectivity index (χ1) is 22.4. The lowest BCUT2D eigenvalue weighted by Crippen LogP contribution is -2.49. The second-order valence-electron chi connectivity index (χ2n) is 17.4. The number of hydrogen-bond acceptors (Lipinski definition) is 2. The lowest BCUT2D eigenvalue weighted by Gasteiger charge is -2.59. The third-order valence-corrected chi connectivity index (χ3v) is 17.2. The minimum Gasteiger partial charge on any atom is -0.251 e. The first kappa shape index (κ1) is 31.8. The normalized spacial score (nSPS) is 28.1. The van der Waals surface area contributed by atoms with E-state index in [2.05, 4.69) is 136 Å². The van der Waals surface area contributed by atoms with E-state index in [0.717, 1.165) is 51.8 Å². The van der Waals surface area contributed by atoms with Crippen LogP contribution in [0.25, 0.3) is 21.8 Å². The fraction of sp³-hybridized carbons (Fsp3) is 0.488. The summed E-state index contributed by atoms with van der Waals surface area (Å²) in [6, 6.07) is 26.1. The van der Waals surface area contributed by atoms with Crippen molar-refractivity contribution < 1.29 is 0 Å². The summed E-state index contributed by atoms with van der Waals surface area (Å²) in [5.41, 5.74) is 8.11. The molecule has 3 atom stereocenters. The maximum Gasteiger partial charge on any atom is 0.0903 e. The van der Waals surface area contributed by atoms with E-state index in [9.17, 15) is 0 Å². The number of aromatic nitrogens is 2. The van der Waals surface area contributed by atoms with E-state index in [1.54, 1.807) is 0 Å². The van der Waals surface area contributed by atoms with Gasteiger partial charge in [0.1, 0.15) is 0 Å². The monoisotopic (exact) mass is 658 g/mol. The van der Waals surface area contributed by atoms with Crippen molar-refractivity contribution >= 4 is 39.0 Å². The molecule has 5 aliphatic carbocycles. The molecule has 9 rings (SSSR count). The van der Waals surface area contributed by atoms with E-state index >= 15 is 0 Å². The van der Waals surface area contributed by atoms with Gasteiger partial charge in [0.15, 0.2) is 0 Å². The fourth-order valence-electron chi connectivity index (χ4n) is 10.1. The van der Waals surface area contributed by atoms with Gasteiger partial charge >= 0.3 is 0 Å². The molecule has 0 aliphatic heterocycles. The van der Waals surface area contributed by atoms with Crippen molar-refractivity contribution in [3.8, 4) is 0 Å². The Hall–Kier alpha value is -2.40. The van der Waals surface area contributed by atoms with Crippen molar-refractivity contribution in [3.05, 3.63) is 107 Å². The maximum atomic E-state index is 5.43. The van der Waals surface area contributed by atoms with Gasteiger partial charge in [-0.3, -0.25) is 9.97 Å². The average molecular weight is 659 g/mol. The zero-order valence-corrected chi connectivity index (χ0v) is 31.3. The van der Waals surface area contributed by atoms with Crippen LogP contribution in [0.15, 0.2) is 96.1 Å². The summed E-state index contributed by atoms with van der Waals surface area (Å²) in [7, 11) is 3.14. The van der Waals surface area contributed by atoms with Crippen LogP contribution in [-0.2, 0) is 5.16 Å². The summed E-state index contributed by atoms with van der Waals surface area (Å²) in [6.45, 7) is 14.9. The standard InChI is InChI=1S/C43H52N2P2/c1-41(2,3)34-24-33(26-47(42(4,5)6)40-31-20-27-19-28(22-31)23-32(40)21-27)35(25-34)43(46,38-17-15-29-11-7-9-13-36(29)44-38)39-18-16-30-12-8-10-14-37(30)45-39/h7-18,24-25,27-28,31-33,40H,19-23,26,46H2,1-6H3. The number of benzene rings is 2. The minimum atomic E-state index is -0.550. The second kappa shape index (κ2) is 11.6. The summed E-state index contributed by atoms with van der Waals surface area (Å²) in [4.78, 5) is 10.9. The van der Waals surface area contributed by atoms with Crippen molar-refractivity contribution in [1.29, 1.82) is 0 Å². The highest BCUT2D eigenvalue weighted by Gasteiger charge is 2.53. The molecule has 0 radical (unpaired) electrons. The Kier molecular flexibility index (Phi) is 7.86. The molecule has 2 aromatic heterocycles. The van der Waals surface area contributed by atoms with Gasteiger partial charge < -0.3 is 0 Å². The molecule has 244 valence electrons. The number of pyridine rings is 2. The van der Waals surface area contributed by atoms with Crippen LogP contribution in [0.5, 0.6) is 0 Å². The minimum absolute atomic E-state index is 0.0618. The summed E-state index contributed by atoms with van der Waals surface area (Å²) < 4.78 is 0. The van der Waals surface area contributed by atoms with E-state index in [0.29, 0.717) is 11.1 Å². The molecular weight excluding hydrogens is 606 g/mol. The summed E-state index contributed by atoms with van der Waals surface area (Å²) in [5.74, 6) is 4.27. The quantitative estimate of drug-likeness (QED) is 0.193. The van der Waals surface area contributed by atoms with Gasteiger partial charge in [0.2, 0.25) is 0 Å². The number of hydrogen-bond donors (Lipinski definition) is 0. The molecule has 3 unspecified atom stereocenters. The third-order valence-electron chi connectivity index (χ3n) is 12.2. The van der Waals surface area contributed by atoms with Gasteiger partial charge in [-0.05, 0) is 114 Å². The van der Waals surface area contributed by atoms with E-state index in [1.807, 2.05) is 0 Å². The van der Waals surface area contributed by atoms with Crippen LogP contribution in [0, 0.1) is 35.0 Å². The zero-order valence-electron chi connectivity index (χ0n) is 29.2. The number of nitrogens with zero attached hydrogens (tertiary/aromatic N) is 2. The van der Waals surface area contributed by atoms with E-state index in [-0.39, 0.29) is 13.3 Å². The molecule has 0 N–H and O–H groups in total. The van der Waals surface area contributed by atoms with Crippen molar-refractivity contribution in [1.82, 2.24) is 9.97 Å². The highest BCUT2D eigenvalue weighted by molar-refractivity contribution is 7.60. The number of para-hydroxylation sites is 2. The summed E-state index contributed by atoms with van der Waals surface area (Å²) >= 11 is 0. The van der Waals surface area contributed by atoms with Gasteiger partial charge in [0, 0.05) is 16.7 Å². The van der Waals surface area contributed by atoms with Crippen molar-refractivity contribution in [2.45, 2.75) is 89.6 Å². The SMILES string of the molecule is CC(C)(C)C1=CC(CP(C2C3CC4CC(C3)CC2C4)C(C)(C)C)C(C(P)(c2ccc3ccccc3n2)c2ccc3ccccc3n2)=C1. The van der Waals surface area contributed by atoms with Gasteiger partial charge in [-0.15, -0.1) is 9.24 Å². The van der Waals surface area contributed by atoms with Crippen molar-refractivity contribution in [2.75, 3.05) is 6.16 Å². The lowest BCUT2D eigenvalue weighted by atomic mass is 9.56. The lowest BCUT2D eigenvalue weighted by molar-refractivity contribution is 0.0242. The van der Waals surface area contributed by atoms with Crippen molar-refractivity contribution in [2.24, 2.45) is 35.0 Å². The fourth-order valence-corrected chi connectivity index (χ4v) is 14.6. The average Bonchev–Trinajstić information content (AvgIpc) is 3.48. The Balaban J connectivity index is 1.28. The molecule has 0 saturated heterocycles. The predicted molar refractivity (Wildman–Crippen MR) is 205 cm³/mol. The molecule has 4 heteroatoms. The van der Waals surface area contributed by atoms with Gasteiger partial charge in [-0.25, -0.2) is 0 Å². The molecule has 2 nitrogen and oxygen atoms in total. The molecule has 2 aromatic carbocycles. The highest BCUT2D eigenvalue weighted by Crippen LogP contribution is 2.69. The number of fused-ring (bicyclic) bond motifs is 2. The molecule has 47 heavy (non-hydrogen) atoms. The van der Waals surface area contributed by atoms with Crippen LogP contribution >= 0.6 is 17.2 Å². The Labute approximate surface area is 286 Å². The van der Waals surface area contributed by atoms with Crippen LogP contribution in [0.4, 0.5) is 0 Å². The predicted octanol–water partition coefficient (Wildman–Crippen LogP) is 11.5. The van der Waals surface area contributed by atoms with Crippen LogP contribution < -0.4 is 0 Å². The first-order valence-electron chi connectivity index (χ1n) is 18.1. The molecule has 4 fully saturated rings. The molecule has 0 amide bonds. The van der Waals surface area contributed by atoms with Gasteiger partial charge in [0.25, 0.3) is 0 Å². The number of allylic oxidation sites excluding steroid dienone is 4. The zero-order chi connectivity index (χ0) is 32.7. The maximum absolute atomic E-state index is 5.43. The van der Waals surface area contributed by atoms with Gasteiger partial charge in [0.05, 0.1) is 27.6 Å². The summed E-state index contributed by atoms with van der Waals surface area (Å²) in [5, 5.41) is 2.12. The number of rotatable bonds is 6. The Morgan fingerprint density at radius 2 is 1.19 bits per heavy atom. The Morgan fingerprint density at radius 3 is 1.68 bits per heavy atom. The van der Waals surface area contributed by atoms with Gasteiger partial charge in [-0.1, -0.05) is 110 Å². The molecule has 2 heterocycles. The molecule has 4 aromatic rings. The molecular formula is C43H52N2P2. The van der Waals surface area contributed by atoms with Crippen LogP contribution in [0.1, 0.15) is 85.0 Å². The summed E-state index contributed by atoms with van der Waals surface area (Å²) in [6.07, 6.45) is 14.0. The Bertz CT molecular complexity index is 1780. The molecule has 0 spiro atoms. The topological polar surface area (TPSA) is 25.8 Å². The van der Waals surface area contributed by atoms with E-state index < -0.39 is 5.16 Å². The third kappa shape index (κ3) is 5.65. The molecule has 4 saturated carbocycles. The van der Waals surface area contributed by atoms with Gasteiger partial charge in [-0.2, -0.15) is 0 Å². The Morgan fingerprint density at radius 1 is 0.681 bits per heavy atom. The molecule has 5 aliphatic rings. The second-order valence-corrected chi connectivity index (χ2v) is 21.5. The molecule has 4 bridgehead atoms. The van der Waals surface area contributed by atoms with Crippen LogP contribution in [-0.4, -0.2) is 26.9 Å². The van der Waals surface area contributed by atoms with E-state index in [4.69, 9.17) is 9.97 Å². The van der Waals surface area contributed by atoms with Crippen LogP contribution in [0.2, 0.25) is 0 Å². The highest BCUT2D eigenvalue weighted by atomic mass is 31.1. The van der Waals surface area contributed by atoms with E-state index in [1.165, 1.54) is 60.2 Å². The largest absolute Gasteiger partial charge is 0.251 e.